The summed E-state index contributed by atoms with van der Waals surface area (Å²) in [6.07, 6.45) is 2.03. The highest BCUT2D eigenvalue weighted by Crippen LogP contribution is 2.26. The molecule has 0 aliphatic heterocycles. The van der Waals surface area contributed by atoms with Gasteiger partial charge in [-0.2, -0.15) is 5.26 Å². The minimum Gasteiger partial charge on any atom is -0.260 e. The molecule has 0 saturated heterocycles. The summed E-state index contributed by atoms with van der Waals surface area (Å²) in [4.78, 5) is 4.20. The molecule has 0 aliphatic carbocycles. The van der Waals surface area contributed by atoms with E-state index < -0.39 is 0 Å². The molecule has 17 heavy (non-hydrogen) atoms. The number of nitrogens with zero attached hydrogens (tertiary/aromatic N) is 2. The fourth-order valence-electron chi connectivity index (χ4n) is 1.50. The molecule has 0 saturated carbocycles. The Morgan fingerprint density at radius 3 is 2.29 bits per heavy atom. The predicted molar refractivity (Wildman–Crippen MR) is 69.0 cm³/mol. The van der Waals surface area contributed by atoms with Crippen molar-refractivity contribution in [2.24, 2.45) is 0 Å². The fraction of sp³-hybridized carbons (Fsp3) is 0.0769. The molecule has 1 aromatic carbocycles. The Bertz CT molecular complexity index is 551. The summed E-state index contributed by atoms with van der Waals surface area (Å²) < 4.78 is 0. The van der Waals surface area contributed by atoms with Gasteiger partial charge in [0.2, 0.25) is 0 Å². The maximum absolute atomic E-state index is 8.55. The first kappa shape index (κ1) is 11.9. The second-order valence-corrected chi connectivity index (χ2v) is 4.40. The molecule has 4 heteroatoms. The Labute approximate surface area is 109 Å². The molecule has 2 aromatic rings. The SMILES string of the molecule is N#CCc1ccc(-c2cc(Cl)cc(Cl)c2)cn1. The molecular weight excluding hydrogens is 255 g/mol. The van der Waals surface area contributed by atoms with E-state index in [2.05, 4.69) is 11.1 Å². The molecule has 0 spiro atoms. The number of nitriles is 1. The molecule has 0 unspecified atom stereocenters. The third kappa shape index (κ3) is 2.97. The quantitative estimate of drug-likeness (QED) is 0.817. The molecule has 0 N–H and O–H groups in total. The van der Waals surface area contributed by atoms with Crippen molar-refractivity contribution in [1.82, 2.24) is 4.98 Å². The van der Waals surface area contributed by atoms with Gasteiger partial charge in [-0.1, -0.05) is 29.3 Å². The molecule has 0 aliphatic rings. The van der Waals surface area contributed by atoms with Gasteiger partial charge in [0.05, 0.1) is 18.2 Å². The Morgan fingerprint density at radius 1 is 1.06 bits per heavy atom. The topological polar surface area (TPSA) is 36.7 Å². The van der Waals surface area contributed by atoms with E-state index in [1.54, 1.807) is 12.3 Å². The lowest BCUT2D eigenvalue weighted by molar-refractivity contribution is 1.12. The lowest BCUT2D eigenvalue weighted by Crippen LogP contribution is -1.88. The molecule has 0 fully saturated rings. The van der Waals surface area contributed by atoms with Gasteiger partial charge in [0.1, 0.15) is 0 Å². The monoisotopic (exact) mass is 262 g/mol. The molecule has 0 bridgehead atoms. The summed E-state index contributed by atoms with van der Waals surface area (Å²) in [6, 6.07) is 11.1. The van der Waals surface area contributed by atoms with E-state index in [4.69, 9.17) is 28.5 Å². The van der Waals surface area contributed by atoms with E-state index in [0.717, 1.165) is 16.8 Å². The molecule has 2 nitrogen and oxygen atoms in total. The van der Waals surface area contributed by atoms with Crippen LogP contribution in [0.1, 0.15) is 5.69 Å². The van der Waals surface area contributed by atoms with Gasteiger partial charge in [-0.15, -0.1) is 0 Å². The Hall–Kier alpha value is -1.56. The van der Waals surface area contributed by atoms with Gasteiger partial charge in [0.15, 0.2) is 0 Å². The van der Waals surface area contributed by atoms with Crippen molar-refractivity contribution < 1.29 is 0 Å². The average Bonchev–Trinajstić information content (AvgIpc) is 2.29. The first-order valence-electron chi connectivity index (χ1n) is 4.97. The number of rotatable bonds is 2. The summed E-state index contributed by atoms with van der Waals surface area (Å²) in [6.45, 7) is 0. The van der Waals surface area contributed by atoms with Crippen LogP contribution in [-0.2, 0) is 6.42 Å². The zero-order valence-electron chi connectivity index (χ0n) is 8.82. The van der Waals surface area contributed by atoms with E-state index in [9.17, 15) is 0 Å². The van der Waals surface area contributed by atoms with Crippen LogP contribution in [0.4, 0.5) is 0 Å². The summed E-state index contributed by atoms with van der Waals surface area (Å²) >= 11 is 11.9. The number of pyridine rings is 1. The van der Waals surface area contributed by atoms with E-state index in [0.29, 0.717) is 16.5 Å². The second-order valence-electron chi connectivity index (χ2n) is 3.53. The summed E-state index contributed by atoms with van der Waals surface area (Å²) in [5.41, 5.74) is 2.60. The van der Waals surface area contributed by atoms with Crippen LogP contribution < -0.4 is 0 Å². The lowest BCUT2D eigenvalue weighted by Gasteiger charge is -2.03. The number of halogens is 2. The van der Waals surface area contributed by atoms with Crippen LogP contribution in [0.15, 0.2) is 36.5 Å². The Kier molecular flexibility index (Phi) is 3.63. The van der Waals surface area contributed by atoms with Gasteiger partial charge in [-0.3, -0.25) is 4.98 Å². The zero-order chi connectivity index (χ0) is 12.3. The third-order valence-electron chi connectivity index (χ3n) is 2.28. The molecule has 0 radical (unpaired) electrons. The summed E-state index contributed by atoms with van der Waals surface area (Å²) in [7, 11) is 0. The van der Waals surface area contributed by atoms with Gasteiger partial charge < -0.3 is 0 Å². The van der Waals surface area contributed by atoms with Crippen LogP contribution in [0, 0.1) is 11.3 Å². The van der Waals surface area contributed by atoms with Crippen molar-refractivity contribution >= 4 is 23.2 Å². The molecule has 1 heterocycles. The Morgan fingerprint density at radius 2 is 1.76 bits per heavy atom. The molecule has 2 rings (SSSR count). The van der Waals surface area contributed by atoms with Crippen LogP contribution in [0.2, 0.25) is 10.0 Å². The van der Waals surface area contributed by atoms with Crippen LogP contribution in [0.3, 0.4) is 0 Å². The average molecular weight is 263 g/mol. The van der Waals surface area contributed by atoms with Crippen molar-refractivity contribution in [2.45, 2.75) is 6.42 Å². The van der Waals surface area contributed by atoms with Crippen molar-refractivity contribution in [3.8, 4) is 17.2 Å². The maximum atomic E-state index is 8.55. The largest absolute Gasteiger partial charge is 0.260 e. The van der Waals surface area contributed by atoms with E-state index in [-0.39, 0.29) is 0 Å². The minimum atomic E-state index is 0.316. The highest BCUT2D eigenvalue weighted by molar-refractivity contribution is 6.35. The van der Waals surface area contributed by atoms with E-state index >= 15 is 0 Å². The van der Waals surface area contributed by atoms with Crippen LogP contribution in [-0.4, -0.2) is 4.98 Å². The number of hydrogen-bond acceptors (Lipinski definition) is 2. The van der Waals surface area contributed by atoms with Gasteiger partial charge >= 0.3 is 0 Å². The van der Waals surface area contributed by atoms with E-state index in [1.165, 1.54) is 0 Å². The number of aromatic nitrogens is 1. The van der Waals surface area contributed by atoms with Crippen molar-refractivity contribution in [2.75, 3.05) is 0 Å². The lowest BCUT2D eigenvalue weighted by atomic mass is 10.1. The molecule has 0 amide bonds. The summed E-state index contributed by atoms with van der Waals surface area (Å²) in [5, 5.41) is 9.74. The summed E-state index contributed by atoms with van der Waals surface area (Å²) in [5.74, 6) is 0. The van der Waals surface area contributed by atoms with Crippen molar-refractivity contribution in [1.29, 1.82) is 5.26 Å². The molecular formula is C13H8Cl2N2. The number of benzene rings is 1. The minimum absolute atomic E-state index is 0.316. The van der Waals surface area contributed by atoms with Crippen LogP contribution in [0.5, 0.6) is 0 Å². The smallest absolute Gasteiger partial charge is 0.0774 e. The van der Waals surface area contributed by atoms with Crippen molar-refractivity contribution in [3.63, 3.8) is 0 Å². The van der Waals surface area contributed by atoms with Gasteiger partial charge in [-0.25, -0.2) is 0 Å². The standard InChI is InChI=1S/C13H8Cl2N2/c14-11-5-10(6-12(15)7-11)9-1-2-13(3-4-16)17-8-9/h1-2,5-8H,3H2. The van der Waals surface area contributed by atoms with Crippen LogP contribution in [0.25, 0.3) is 11.1 Å². The van der Waals surface area contributed by atoms with Crippen molar-refractivity contribution in [3.05, 3.63) is 52.3 Å². The fourth-order valence-corrected chi connectivity index (χ4v) is 2.03. The van der Waals surface area contributed by atoms with Gasteiger partial charge in [0, 0.05) is 21.8 Å². The molecule has 84 valence electrons. The Balaban J connectivity index is 2.36. The van der Waals surface area contributed by atoms with Gasteiger partial charge in [-0.05, 0) is 29.8 Å². The predicted octanol–water partition coefficient (Wildman–Crippen LogP) is 4.12. The van der Waals surface area contributed by atoms with E-state index in [1.807, 2.05) is 24.3 Å². The first-order chi connectivity index (χ1) is 8.19. The number of hydrogen-bond donors (Lipinski definition) is 0. The highest BCUT2D eigenvalue weighted by Gasteiger charge is 2.02. The maximum Gasteiger partial charge on any atom is 0.0774 e. The third-order valence-corrected chi connectivity index (χ3v) is 2.72. The van der Waals surface area contributed by atoms with Gasteiger partial charge in [0.25, 0.3) is 0 Å². The second kappa shape index (κ2) is 5.18. The van der Waals surface area contributed by atoms with Crippen LogP contribution >= 0.6 is 23.2 Å². The first-order valence-corrected chi connectivity index (χ1v) is 5.73. The molecule has 0 atom stereocenters. The molecule has 1 aromatic heterocycles. The zero-order valence-corrected chi connectivity index (χ0v) is 10.3. The normalized spacial score (nSPS) is 9.94. The highest BCUT2D eigenvalue weighted by atomic mass is 35.5.